The second kappa shape index (κ2) is 35.5. The third kappa shape index (κ3) is 15.3. The van der Waals surface area contributed by atoms with E-state index in [1.165, 1.54) is 130 Å². The summed E-state index contributed by atoms with van der Waals surface area (Å²) in [5.41, 5.74) is 23.2. The van der Waals surface area contributed by atoms with Crippen LogP contribution < -0.4 is 0 Å². The summed E-state index contributed by atoms with van der Waals surface area (Å²) in [5.74, 6) is 0. The van der Waals surface area contributed by atoms with Gasteiger partial charge in [-0.25, -0.2) is 0 Å². The molecule has 0 saturated carbocycles. The van der Waals surface area contributed by atoms with Crippen molar-refractivity contribution in [1.82, 2.24) is 4.57 Å². The number of nitrogens with zero attached hydrogens (tertiary/aromatic N) is 1. The maximum absolute atomic E-state index is 6.74. The Morgan fingerprint density at radius 3 is 1.50 bits per heavy atom. The van der Waals surface area contributed by atoms with Gasteiger partial charge in [0.2, 0.25) is 0 Å². The van der Waals surface area contributed by atoms with Crippen molar-refractivity contribution >= 4 is 242 Å². The largest absolute Gasteiger partial charge is 0.456 e. The van der Waals surface area contributed by atoms with E-state index in [0.29, 0.717) is 0 Å². The van der Waals surface area contributed by atoms with Crippen molar-refractivity contribution in [3.05, 3.63) is 486 Å². The first-order valence-corrected chi connectivity index (χ1v) is 47.9. The highest BCUT2D eigenvalue weighted by Gasteiger charge is 2.23. The number of hydrogen-bond acceptors (Lipinski definition) is 4. The number of benzene rings is 23. The standard InChI is InChI=1S/C32H20ClN.C26H15ClO.C24H15ClO.C22H13ClO.C22H13ClS/c33-29-18-17-24(27-16-14-21-8-4-5-11-25(21)32(27)29)22-15-19-31-28(20-22)26-12-6-7-13-30(26)34(31)23-9-2-1-3-10-23;27-18-12-9-16(10-13-18)17-11-14-24-23(15-17)25-21-7-3-1-5-19(21)20-6-2-4-8-22(20)26(25)28-24;25-19-10-6-9-17(13-19)21-14-18(16-7-2-1-3-8-16)15-23-24(21)20-11-4-5-12-22(20)26-23;23-19-11-4-8-14-15(7-3-9-16(14)19)17-10-5-13-21-22(17)18-6-1-2-12-20(18)24-21;23-17-11-10-14-12-16(9-8-15(14)13-17)18-5-3-6-20-19-4-1-2-7-21(19)24-22(18)20/h1-20H;1-15H;1-15H;2*1-13H. The van der Waals surface area contributed by atoms with E-state index in [4.69, 9.17) is 71.3 Å². The first kappa shape index (κ1) is 83.6. The predicted octanol–water partition coefficient (Wildman–Crippen LogP) is 39.8. The van der Waals surface area contributed by atoms with Crippen LogP contribution in [0.15, 0.2) is 474 Å². The second-order valence-electron chi connectivity index (χ2n) is 34.1. The molecule has 0 N–H and O–H groups in total. The Kier molecular flexibility index (Phi) is 21.8. The molecule has 0 unspecified atom stereocenters. The van der Waals surface area contributed by atoms with Gasteiger partial charge in [-0.1, -0.05) is 386 Å². The van der Waals surface area contributed by atoms with Crippen LogP contribution in [0.1, 0.15) is 0 Å². The Bertz CT molecular complexity index is 9590. The van der Waals surface area contributed by atoms with Crippen LogP contribution in [0.25, 0.3) is 245 Å². The van der Waals surface area contributed by atoms with Gasteiger partial charge in [-0.2, -0.15) is 0 Å². The van der Waals surface area contributed by atoms with Gasteiger partial charge in [0, 0.05) is 110 Å². The molecule has 644 valence electrons. The zero-order valence-electron chi connectivity index (χ0n) is 72.8. The Hall–Kier alpha value is -15.5. The van der Waals surface area contributed by atoms with Crippen molar-refractivity contribution in [1.29, 1.82) is 0 Å². The molecule has 0 aliphatic carbocycles. The molecule has 4 nitrogen and oxygen atoms in total. The number of thiophene rings is 1. The molecule has 28 aromatic rings. The molecular formula is C126H76Cl5NO3S. The normalized spacial score (nSPS) is 11.6. The zero-order valence-corrected chi connectivity index (χ0v) is 77.4. The lowest BCUT2D eigenvalue weighted by Crippen LogP contribution is -1.92. The fourth-order valence-corrected chi connectivity index (χ4v) is 22.2. The third-order valence-electron chi connectivity index (χ3n) is 26.2. The molecular weight excluding hydrogens is 1780 g/mol. The summed E-state index contributed by atoms with van der Waals surface area (Å²) in [4.78, 5) is 0. The summed E-state index contributed by atoms with van der Waals surface area (Å²) in [5, 5.41) is 30.0. The van der Waals surface area contributed by atoms with Crippen LogP contribution in [-0.4, -0.2) is 4.57 Å². The first-order valence-electron chi connectivity index (χ1n) is 45.2. The second-order valence-corrected chi connectivity index (χ2v) is 37.3. The van der Waals surface area contributed by atoms with E-state index in [0.717, 1.165) is 140 Å². The van der Waals surface area contributed by atoms with Crippen molar-refractivity contribution in [3.8, 4) is 72.4 Å². The van der Waals surface area contributed by atoms with Crippen LogP contribution >= 0.6 is 69.3 Å². The van der Waals surface area contributed by atoms with Gasteiger partial charge in [-0.3, -0.25) is 0 Å². The molecule has 0 aliphatic heterocycles. The molecule has 0 bridgehead atoms. The van der Waals surface area contributed by atoms with Crippen molar-refractivity contribution in [3.63, 3.8) is 0 Å². The molecule has 0 fully saturated rings. The quantitative estimate of drug-likeness (QED) is 0.149. The van der Waals surface area contributed by atoms with Crippen molar-refractivity contribution in [2.75, 3.05) is 0 Å². The number of rotatable bonds is 7. The average molecular weight is 1860 g/mol. The summed E-state index contributed by atoms with van der Waals surface area (Å²) in [6, 6.07) is 160. The summed E-state index contributed by atoms with van der Waals surface area (Å²) in [7, 11) is 0. The van der Waals surface area contributed by atoms with Crippen LogP contribution in [0.4, 0.5) is 0 Å². The summed E-state index contributed by atoms with van der Waals surface area (Å²) in [6.45, 7) is 0. The smallest absolute Gasteiger partial charge is 0.143 e. The van der Waals surface area contributed by atoms with Gasteiger partial charge in [-0.15, -0.1) is 11.3 Å². The van der Waals surface area contributed by atoms with Crippen LogP contribution in [0.2, 0.25) is 25.1 Å². The molecule has 0 atom stereocenters. The van der Waals surface area contributed by atoms with Crippen molar-refractivity contribution < 1.29 is 13.3 Å². The molecule has 0 saturated heterocycles. The highest BCUT2D eigenvalue weighted by Crippen LogP contribution is 2.49. The SMILES string of the molecule is Clc1ccc(-c2ccc3c(c2)c2ccccc2n3-c2ccccc2)c2ccc3ccccc3c12.Clc1ccc(-c2ccc3oc4c5ccccc5c5ccccc5c4c3c2)cc1.Clc1ccc2cc(-c3cccc4c3sc3ccccc34)ccc2c1.Clc1cccc(-c2cc(-c3ccccc3)cc3oc4ccccc4c23)c1.Clc1cccc2c(-c3cccc4oc5ccccc5c34)cccc12. The van der Waals surface area contributed by atoms with Crippen LogP contribution in [-0.2, 0) is 0 Å². The summed E-state index contributed by atoms with van der Waals surface area (Å²) in [6.07, 6.45) is 0. The average Bonchev–Trinajstić information content (AvgIpc) is 1.57. The van der Waals surface area contributed by atoms with E-state index < -0.39 is 0 Å². The minimum absolute atomic E-state index is 0.730. The Balaban J connectivity index is 0.0000000935. The number of para-hydroxylation sites is 4. The van der Waals surface area contributed by atoms with E-state index in [1.807, 2.05) is 127 Å². The topological polar surface area (TPSA) is 44.4 Å². The van der Waals surface area contributed by atoms with Gasteiger partial charge in [0.25, 0.3) is 0 Å². The van der Waals surface area contributed by atoms with Gasteiger partial charge in [-0.05, 0) is 249 Å². The molecule has 0 spiro atoms. The summed E-state index contributed by atoms with van der Waals surface area (Å²) < 4.78 is 23.6. The number of furan rings is 3. The van der Waals surface area contributed by atoms with Gasteiger partial charge >= 0.3 is 0 Å². The monoisotopic (exact) mass is 1860 g/mol. The zero-order chi connectivity index (χ0) is 91.0. The van der Waals surface area contributed by atoms with Crippen LogP contribution in [0.5, 0.6) is 0 Å². The Morgan fingerprint density at radius 1 is 0.191 bits per heavy atom. The van der Waals surface area contributed by atoms with Gasteiger partial charge in [0.05, 0.1) is 11.0 Å². The van der Waals surface area contributed by atoms with E-state index >= 15 is 0 Å². The minimum atomic E-state index is 0.730. The molecule has 5 heterocycles. The molecule has 136 heavy (non-hydrogen) atoms. The van der Waals surface area contributed by atoms with Gasteiger partial charge < -0.3 is 17.8 Å². The maximum atomic E-state index is 6.74. The lowest BCUT2D eigenvalue weighted by Gasteiger charge is -2.12. The Labute approximate surface area is 811 Å². The third-order valence-corrected chi connectivity index (χ3v) is 28.8. The number of fused-ring (bicyclic) bond motifs is 25. The molecule has 0 amide bonds. The molecule has 0 radical (unpaired) electrons. The van der Waals surface area contributed by atoms with Gasteiger partial charge in [0.1, 0.15) is 33.5 Å². The number of hydrogen-bond donors (Lipinski definition) is 0. The van der Waals surface area contributed by atoms with Crippen LogP contribution in [0.3, 0.4) is 0 Å². The molecule has 0 aliphatic rings. The van der Waals surface area contributed by atoms with E-state index in [1.54, 1.807) is 0 Å². The fraction of sp³-hybridized carbons (Fsp3) is 0. The highest BCUT2D eigenvalue weighted by atomic mass is 35.5. The lowest BCUT2D eigenvalue weighted by atomic mass is 9.94. The Morgan fingerprint density at radius 2 is 0.706 bits per heavy atom. The highest BCUT2D eigenvalue weighted by molar-refractivity contribution is 7.26. The van der Waals surface area contributed by atoms with E-state index in [-0.39, 0.29) is 0 Å². The molecule has 28 rings (SSSR count). The summed E-state index contributed by atoms with van der Waals surface area (Å²) >= 11 is 33.4. The predicted molar refractivity (Wildman–Crippen MR) is 584 cm³/mol. The molecule has 5 aromatic heterocycles. The number of halogens is 5. The maximum Gasteiger partial charge on any atom is 0.143 e. The lowest BCUT2D eigenvalue weighted by molar-refractivity contribution is 0.668. The van der Waals surface area contributed by atoms with Crippen LogP contribution in [0, 0.1) is 0 Å². The van der Waals surface area contributed by atoms with Crippen molar-refractivity contribution in [2.45, 2.75) is 0 Å². The fourth-order valence-electron chi connectivity index (χ4n) is 20.0. The van der Waals surface area contributed by atoms with E-state index in [2.05, 4.69) is 350 Å². The van der Waals surface area contributed by atoms with Gasteiger partial charge in [0.15, 0.2) is 0 Å². The molecule has 10 heteroatoms. The minimum Gasteiger partial charge on any atom is -0.456 e. The number of aromatic nitrogens is 1. The molecule has 23 aromatic carbocycles. The first-order chi connectivity index (χ1) is 67.0. The van der Waals surface area contributed by atoms with Crippen molar-refractivity contribution in [2.24, 2.45) is 0 Å². The van der Waals surface area contributed by atoms with E-state index in [9.17, 15) is 0 Å².